The van der Waals surface area contributed by atoms with Crippen LogP contribution in [0.2, 0.25) is 0 Å². The second-order valence-corrected chi connectivity index (χ2v) is 6.09. The van der Waals surface area contributed by atoms with Gasteiger partial charge in [-0.25, -0.2) is 9.78 Å². The third-order valence-electron chi connectivity index (χ3n) is 4.33. The number of amides is 1. The highest BCUT2D eigenvalue weighted by Gasteiger charge is 2.26. The maximum absolute atomic E-state index is 11.9. The average Bonchev–Trinajstić information content (AvgIpc) is 2.61. The molecule has 1 aliphatic heterocycles. The molecular formula is C18H23N5O3. The van der Waals surface area contributed by atoms with Crippen LogP contribution in [0.3, 0.4) is 0 Å². The van der Waals surface area contributed by atoms with Crippen LogP contribution in [-0.2, 0) is 4.74 Å². The van der Waals surface area contributed by atoms with E-state index in [4.69, 9.17) is 10.5 Å². The quantitative estimate of drug-likeness (QED) is 0.866. The number of nitrogen functional groups attached to an aromatic ring is 1. The van der Waals surface area contributed by atoms with Crippen LogP contribution in [0.1, 0.15) is 12.6 Å². The first-order valence-electron chi connectivity index (χ1n) is 8.59. The Bertz CT molecular complexity index is 803. The zero-order valence-electron chi connectivity index (χ0n) is 15.0. The van der Waals surface area contributed by atoms with E-state index in [0.29, 0.717) is 38.6 Å². The first-order chi connectivity index (χ1) is 12.5. The summed E-state index contributed by atoms with van der Waals surface area (Å²) in [6.45, 7) is 6.34. The number of phenols is 1. The minimum Gasteiger partial charge on any atom is -0.508 e. The van der Waals surface area contributed by atoms with Gasteiger partial charge in [0.05, 0.1) is 12.3 Å². The van der Waals surface area contributed by atoms with Crippen LogP contribution in [0.4, 0.5) is 16.6 Å². The zero-order chi connectivity index (χ0) is 18.7. The van der Waals surface area contributed by atoms with Crippen molar-refractivity contribution in [2.24, 2.45) is 0 Å². The van der Waals surface area contributed by atoms with Crippen molar-refractivity contribution in [2.75, 3.05) is 43.4 Å². The predicted molar refractivity (Wildman–Crippen MR) is 99.1 cm³/mol. The SMILES string of the molecule is CCOC(=O)N1CCN(c2nc(N)nc(C)c2-c2cccc(O)c2)CC1. The van der Waals surface area contributed by atoms with Crippen molar-refractivity contribution in [3.05, 3.63) is 30.0 Å². The van der Waals surface area contributed by atoms with E-state index in [0.717, 1.165) is 16.8 Å². The Hall–Kier alpha value is -3.03. The standard InChI is InChI=1S/C18H23N5O3/c1-3-26-18(25)23-9-7-22(8-10-23)16-15(12(2)20-17(19)21-16)13-5-4-6-14(24)11-13/h4-6,11,24H,3,7-10H2,1-2H3,(H2,19,20,21). The molecule has 1 aromatic carbocycles. The Morgan fingerprint density at radius 2 is 2.00 bits per heavy atom. The number of benzene rings is 1. The van der Waals surface area contributed by atoms with Gasteiger partial charge in [-0.1, -0.05) is 12.1 Å². The Labute approximate surface area is 152 Å². The lowest BCUT2D eigenvalue weighted by Crippen LogP contribution is -2.49. The highest BCUT2D eigenvalue weighted by Crippen LogP contribution is 2.34. The number of carbonyl (C=O) groups is 1. The van der Waals surface area contributed by atoms with Gasteiger partial charge in [-0.2, -0.15) is 4.98 Å². The van der Waals surface area contributed by atoms with Gasteiger partial charge in [-0.15, -0.1) is 0 Å². The Morgan fingerprint density at radius 1 is 1.27 bits per heavy atom. The smallest absolute Gasteiger partial charge is 0.409 e. The van der Waals surface area contributed by atoms with Crippen molar-refractivity contribution in [3.8, 4) is 16.9 Å². The van der Waals surface area contributed by atoms with Crippen molar-refractivity contribution < 1.29 is 14.6 Å². The Morgan fingerprint density at radius 3 is 2.65 bits per heavy atom. The third-order valence-corrected chi connectivity index (χ3v) is 4.33. The van der Waals surface area contributed by atoms with Crippen LogP contribution in [0.15, 0.2) is 24.3 Å². The molecule has 0 atom stereocenters. The number of ether oxygens (including phenoxy) is 1. The fourth-order valence-electron chi connectivity index (χ4n) is 3.12. The first kappa shape index (κ1) is 17.8. The molecule has 1 saturated heterocycles. The molecule has 0 aliphatic carbocycles. The van der Waals surface area contributed by atoms with Gasteiger partial charge in [0, 0.05) is 31.7 Å². The molecule has 1 aliphatic rings. The molecule has 1 fully saturated rings. The summed E-state index contributed by atoms with van der Waals surface area (Å²) in [5, 5.41) is 9.83. The van der Waals surface area contributed by atoms with Crippen LogP contribution in [0.25, 0.3) is 11.1 Å². The summed E-state index contributed by atoms with van der Waals surface area (Å²) in [7, 11) is 0. The number of hydrogen-bond donors (Lipinski definition) is 2. The van der Waals surface area contributed by atoms with E-state index in [-0.39, 0.29) is 17.8 Å². The zero-order valence-corrected chi connectivity index (χ0v) is 15.0. The molecule has 0 saturated carbocycles. The normalized spacial score (nSPS) is 14.4. The van der Waals surface area contributed by atoms with Gasteiger partial charge in [-0.05, 0) is 31.5 Å². The molecule has 8 heteroatoms. The molecule has 0 radical (unpaired) electrons. The number of rotatable bonds is 3. The number of piperazine rings is 1. The van der Waals surface area contributed by atoms with E-state index in [2.05, 4.69) is 14.9 Å². The average molecular weight is 357 g/mol. The maximum Gasteiger partial charge on any atom is 0.409 e. The summed E-state index contributed by atoms with van der Waals surface area (Å²) in [4.78, 5) is 24.4. The van der Waals surface area contributed by atoms with Crippen LogP contribution < -0.4 is 10.6 Å². The number of carbonyl (C=O) groups excluding carboxylic acids is 1. The number of phenolic OH excluding ortho intramolecular Hbond substituents is 1. The molecule has 2 aromatic rings. The Balaban J connectivity index is 1.90. The molecule has 26 heavy (non-hydrogen) atoms. The molecule has 1 aromatic heterocycles. The molecule has 0 unspecified atom stereocenters. The lowest BCUT2D eigenvalue weighted by molar-refractivity contribution is 0.105. The van der Waals surface area contributed by atoms with Gasteiger partial charge < -0.3 is 25.4 Å². The topological polar surface area (TPSA) is 105 Å². The predicted octanol–water partition coefficient (Wildman–Crippen LogP) is 2.02. The second kappa shape index (κ2) is 7.47. The van der Waals surface area contributed by atoms with E-state index in [1.54, 1.807) is 30.0 Å². The largest absolute Gasteiger partial charge is 0.508 e. The fraction of sp³-hybridized carbons (Fsp3) is 0.389. The lowest BCUT2D eigenvalue weighted by atomic mass is 10.0. The number of nitrogens with two attached hydrogens (primary N) is 1. The molecule has 3 N–H and O–H groups in total. The molecule has 1 amide bonds. The number of aromatic hydroxyl groups is 1. The summed E-state index contributed by atoms with van der Waals surface area (Å²) >= 11 is 0. The van der Waals surface area contributed by atoms with Crippen LogP contribution in [0, 0.1) is 6.92 Å². The number of aromatic nitrogens is 2. The molecule has 0 bridgehead atoms. The summed E-state index contributed by atoms with van der Waals surface area (Å²) in [6, 6.07) is 6.98. The molecule has 0 spiro atoms. The monoisotopic (exact) mass is 357 g/mol. The maximum atomic E-state index is 11.9. The van der Waals surface area contributed by atoms with Crippen molar-refractivity contribution in [1.82, 2.24) is 14.9 Å². The summed E-state index contributed by atoms with van der Waals surface area (Å²) in [5.74, 6) is 1.09. The summed E-state index contributed by atoms with van der Waals surface area (Å²) in [5.41, 5.74) is 8.27. The lowest BCUT2D eigenvalue weighted by Gasteiger charge is -2.35. The van der Waals surface area contributed by atoms with Gasteiger partial charge in [-0.3, -0.25) is 0 Å². The van der Waals surface area contributed by atoms with Gasteiger partial charge in [0.15, 0.2) is 0 Å². The summed E-state index contributed by atoms with van der Waals surface area (Å²) < 4.78 is 5.06. The van der Waals surface area contributed by atoms with E-state index in [1.165, 1.54) is 0 Å². The van der Waals surface area contributed by atoms with Crippen molar-refractivity contribution in [3.63, 3.8) is 0 Å². The molecule has 3 rings (SSSR count). The third kappa shape index (κ3) is 3.63. The molecule has 2 heterocycles. The van der Waals surface area contributed by atoms with E-state index >= 15 is 0 Å². The van der Waals surface area contributed by atoms with Crippen molar-refractivity contribution in [2.45, 2.75) is 13.8 Å². The number of anilines is 2. The minimum absolute atomic E-state index is 0.178. The van der Waals surface area contributed by atoms with Crippen molar-refractivity contribution in [1.29, 1.82) is 0 Å². The molecular weight excluding hydrogens is 334 g/mol. The van der Waals surface area contributed by atoms with Gasteiger partial charge in [0.25, 0.3) is 0 Å². The summed E-state index contributed by atoms with van der Waals surface area (Å²) in [6.07, 6.45) is -0.293. The van der Waals surface area contributed by atoms with Gasteiger partial charge in [0.1, 0.15) is 11.6 Å². The van der Waals surface area contributed by atoms with Crippen LogP contribution in [0.5, 0.6) is 5.75 Å². The highest BCUT2D eigenvalue weighted by atomic mass is 16.6. The Kier molecular flexibility index (Phi) is 5.11. The number of hydrogen-bond acceptors (Lipinski definition) is 7. The van der Waals surface area contributed by atoms with Gasteiger partial charge in [0.2, 0.25) is 5.95 Å². The molecule has 8 nitrogen and oxygen atoms in total. The van der Waals surface area contributed by atoms with Crippen LogP contribution >= 0.6 is 0 Å². The van der Waals surface area contributed by atoms with E-state index in [1.807, 2.05) is 13.0 Å². The highest BCUT2D eigenvalue weighted by molar-refractivity contribution is 5.79. The number of aryl methyl sites for hydroxylation is 1. The minimum atomic E-state index is -0.293. The molecule has 138 valence electrons. The second-order valence-electron chi connectivity index (χ2n) is 6.09. The van der Waals surface area contributed by atoms with Crippen molar-refractivity contribution >= 4 is 17.9 Å². The first-order valence-corrected chi connectivity index (χ1v) is 8.59. The van der Waals surface area contributed by atoms with E-state index < -0.39 is 0 Å². The van der Waals surface area contributed by atoms with Crippen LogP contribution in [-0.4, -0.2) is 58.9 Å². The number of nitrogens with zero attached hydrogens (tertiary/aromatic N) is 4. The van der Waals surface area contributed by atoms with Gasteiger partial charge >= 0.3 is 6.09 Å². The van der Waals surface area contributed by atoms with E-state index in [9.17, 15) is 9.90 Å². The fourth-order valence-corrected chi connectivity index (χ4v) is 3.12.